The Morgan fingerprint density at radius 2 is 2.15 bits per heavy atom. The van der Waals surface area contributed by atoms with E-state index in [1.807, 2.05) is 6.92 Å². The molecule has 6 heteroatoms. The van der Waals surface area contributed by atoms with Crippen molar-refractivity contribution in [1.82, 2.24) is 4.31 Å². The average molecular weight is 320 g/mol. The fourth-order valence-electron chi connectivity index (χ4n) is 2.57. The lowest BCUT2D eigenvalue weighted by Crippen LogP contribution is -2.39. The molecule has 0 aliphatic carbocycles. The molecule has 0 saturated carbocycles. The highest BCUT2D eigenvalue weighted by atomic mass is 35.5. The number of hydrogen-bond acceptors (Lipinski definition) is 2. The van der Waals surface area contributed by atoms with Crippen LogP contribution in [-0.4, -0.2) is 25.8 Å². The lowest BCUT2D eigenvalue weighted by Gasteiger charge is -2.30. The van der Waals surface area contributed by atoms with Gasteiger partial charge in [-0.05, 0) is 43.4 Å². The van der Waals surface area contributed by atoms with Crippen molar-refractivity contribution >= 4 is 21.6 Å². The molecule has 1 saturated heterocycles. The van der Waals surface area contributed by atoms with E-state index in [0.717, 1.165) is 12.8 Å². The van der Waals surface area contributed by atoms with E-state index in [9.17, 15) is 12.8 Å². The zero-order valence-electron chi connectivity index (χ0n) is 11.7. The maximum Gasteiger partial charge on any atom is 0.243 e. The van der Waals surface area contributed by atoms with Gasteiger partial charge in [0, 0.05) is 18.7 Å². The molecule has 1 aliphatic heterocycles. The van der Waals surface area contributed by atoms with Gasteiger partial charge in [0.1, 0.15) is 5.82 Å². The third-order valence-corrected chi connectivity index (χ3v) is 5.84. The Balaban J connectivity index is 2.41. The molecule has 0 N–H and O–H groups in total. The average Bonchev–Trinajstić information content (AvgIpc) is 2.41. The minimum Gasteiger partial charge on any atom is -0.207 e. The number of aryl methyl sites for hydroxylation is 1. The Bertz CT molecular complexity index is 603. The Hall–Kier alpha value is -0.650. The third-order valence-electron chi connectivity index (χ3n) is 3.70. The monoisotopic (exact) mass is 319 g/mol. The number of sulfonamides is 1. The second-order valence-corrected chi connectivity index (χ2v) is 7.66. The van der Waals surface area contributed by atoms with Crippen molar-refractivity contribution in [3.63, 3.8) is 0 Å². The van der Waals surface area contributed by atoms with Crippen molar-refractivity contribution < 1.29 is 12.8 Å². The Morgan fingerprint density at radius 3 is 2.75 bits per heavy atom. The summed E-state index contributed by atoms with van der Waals surface area (Å²) in [6.07, 6.45) is 1.91. The SMILES string of the molecule is Cc1cc(S(=O)(=O)N2CCCC(C)C2)cc(CCl)c1F. The normalized spacial score (nSPS) is 21.1. The van der Waals surface area contributed by atoms with Gasteiger partial charge < -0.3 is 0 Å². The summed E-state index contributed by atoms with van der Waals surface area (Å²) in [7, 11) is -3.56. The third kappa shape index (κ3) is 3.00. The minimum atomic E-state index is -3.56. The summed E-state index contributed by atoms with van der Waals surface area (Å²) in [5.41, 5.74) is 0.544. The second-order valence-electron chi connectivity index (χ2n) is 5.46. The summed E-state index contributed by atoms with van der Waals surface area (Å²) >= 11 is 5.69. The smallest absolute Gasteiger partial charge is 0.207 e. The molecule has 1 fully saturated rings. The van der Waals surface area contributed by atoms with Gasteiger partial charge in [0.25, 0.3) is 0 Å². The van der Waals surface area contributed by atoms with Crippen molar-refractivity contribution in [3.8, 4) is 0 Å². The van der Waals surface area contributed by atoms with Crippen LogP contribution in [0.5, 0.6) is 0 Å². The predicted molar refractivity (Wildman–Crippen MR) is 77.9 cm³/mol. The van der Waals surface area contributed by atoms with Gasteiger partial charge in [0.2, 0.25) is 10.0 Å². The van der Waals surface area contributed by atoms with Gasteiger partial charge in [0.15, 0.2) is 0 Å². The maximum atomic E-state index is 13.8. The molecule has 1 heterocycles. The number of nitrogens with zero attached hydrogens (tertiary/aromatic N) is 1. The Labute approximate surface area is 124 Å². The molecular formula is C14H19ClFNO2S. The van der Waals surface area contributed by atoms with Gasteiger partial charge in [-0.3, -0.25) is 0 Å². The molecule has 0 bridgehead atoms. The molecule has 1 atom stereocenters. The van der Waals surface area contributed by atoms with Crippen LogP contribution in [0.2, 0.25) is 0 Å². The van der Waals surface area contributed by atoms with Crippen LogP contribution in [0.3, 0.4) is 0 Å². The Kier molecular flexibility index (Phi) is 4.72. The quantitative estimate of drug-likeness (QED) is 0.802. The topological polar surface area (TPSA) is 37.4 Å². The maximum absolute atomic E-state index is 13.8. The van der Waals surface area contributed by atoms with Gasteiger partial charge in [0.05, 0.1) is 10.8 Å². The molecule has 3 nitrogen and oxygen atoms in total. The van der Waals surface area contributed by atoms with Crippen LogP contribution >= 0.6 is 11.6 Å². The molecule has 1 aliphatic rings. The van der Waals surface area contributed by atoms with Crippen molar-refractivity contribution in [2.75, 3.05) is 13.1 Å². The van der Waals surface area contributed by atoms with E-state index in [4.69, 9.17) is 11.6 Å². The lowest BCUT2D eigenvalue weighted by atomic mass is 10.0. The van der Waals surface area contributed by atoms with Gasteiger partial charge in [-0.2, -0.15) is 4.31 Å². The molecule has 1 aromatic carbocycles. The number of alkyl halides is 1. The number of rotatable bonds is 3. The Morgan fingerprint density at radius 1 is 1.45 bits per heavy atom. The number of hydrogen-bond donors (Lipinski definition) is 0. The van der Waals surface area contributed by atoms with E-state index in [2.05, 4.69) is 0 Å². The molecule has 112 valence electrons. The number of benzene rings is 1. The van der Waals surface area contributed by atoms with E-state index in [1.54, 1.807) is 6.92 Å². The fraction of sp³-hybridized carbons (Fsp3) is 0.571. The first-order valence-electron chi connectivity index (χ1n) is 6.71. The predicted octanol–water partition coefficient (Wildman–Crippen LogP) is 3.29. The standard InChI is InChI=1S/C14H19ClFNO2S/c1-10-4-3-5-17(9-10)20(18,19)13-6-11(2)14(16)12(7-13)8-15/h6-7,10H,3-5,8-9H2,1-2H3. The molecular weight excluding hydrogens is 301 g/mol. The van der Waals surface area contributed by atoms with E-state index >= 15 is 0 Å². The zero-order valence-corrected chi connectivity index (χ0v) is 13.3. The van der Waals surface area contributed by atoms with Crippen molar-refractivity contribution in [2.45, 2.75) is 37.5 Å². The summed E-state index contributed by atoms with van der Waals surface area (Å²) < 4.78 is 40.5. The highest BCUT2D eigenvalue weighted by Gasteiger charge is 2.29. The van der Waals surface area contributed by atoms with Crippen LogP contribution in [0.15, 0.2) is 17.0 Å². The van der Waals surface area contributed by atoms with E-state index < -0.39 is 15.8 Å². The van der Waals surface area contributed by atoms with Crippen LogP contribution in [0, 0.1) is 18.7 Å². The fourth-order valence-corrected chi connectivity index (χ4v) is 4.50. The molecule has 0 aromatic heterocycles. The van der Waals surface area contributed by atoms with Gasteiger partial charge >= 0.3 is 0 Å². The lowest BCUT2D eigenvalue weighted by molar-refractivity contribution is 0.281. The van der Waals surface area contributed by atoms with Crippen molar-refractivity contribution in [2.24, 2.45) is 5.92 Å². The van der Waals surface area contributed by atoms with Gasteiger partial charge in [-0.15, -0.1) is 11.6 Å². The first-order chi connectivity index (χ1) is 9.36. The van der Waals surface area contributed by atoms with E-state index in [0.29, 0.717) is 24.6 Å². The molecule has 1 unspecified atom stereocenters. The molecule has 0 spiro atoms. The van der Waals surface area contributed by atoms with Gasteiger partial charge in [-0.25, -0.2) is 12.8 Å². The number of piperidine rings is 1. The van der Waals surface area contributed by atoms with Crippen LogP contribution < -0.4 is 0 Å². The van der Waals surface area contributed by atoms with Crippen molar-refractivity contribution in [3.05, 3.63) is 29.1 Å². The van der Waals surface area contributed by atoms with Crippen LogP contribution in [0.25, 0.3) is 0 Å². The second kappa shape index (κ2) is 6.00. The van der Waals surface area contributed by atoms with Crippen molar-refractivity contribution in [1.29, 1.82) is 0 Å². The highest BCUT2D eigenvalue weighted by Crippen LogP contribution is 2.26. The molecule has 20 heavy (non-hydrogen) atoms. The first kappa shape index (κ1) is 15.7. The highest BCUT2D eigenvalue weighted by molar-refractivity contribution is 7.89. The minimum absolute atomic E-state index is 0.0353. The molecule has 0 amide bonds. The van der Waals surface area contributed by atoms with Crippen LogP contribution in [0.1, 0.15) is 30.9 Å². The summed E-state index contributed by atoms with van der Waals surface area (Å²) in [6.45, 7) is 4.65. The van der Waals surface area contributed by atoms with Crippen LogP contribution in [-0.2, 0) is 15.9 Å². The van der Waals surface area contributed by atoms with E-state index in [-0.39, 0.29) is 16.3 Å². The first-order valence-corrected chi connectivity index (χ1v) is 8.69. The molecule has 1 aromatic rings. The molecule has 0 radical (unpaired) electrons. The summed E-state index contributed by atoms with van der Waals surface area (Å²) in [5, 5.41) is 0. The molecule has 2 rings (SSSR count). The zero-order chi connectivity index (χ0) is 14.9. The summed E-state index contributed by atoms with van der Waals surface area (Å²) in [5.74, 6) is -0.106. The largest absolute Gasteiger partial charge is 0.243 e. The summed E-state index contributed by atoms with van der Waals surface area (Å²) in [4.78, 5) is 0.140. The van der Waals surface area contributed by atoms with Crippen LogP contribution in [0.4, 0.5) is 4.39 Å². The van der Waals surface area contributed by atoms with E-state index in [1.165, 1.54) is 16.4 Å². The van der Waals surface area contributed by atoms with Gasteiger partial charge in [-0.1, -0.05) is 6.92 Å². The number of halogens is 2. The summed E-state index contributed by atoms with van der Waals surface area (Å²) in [6, 6.07) is 2.74.